The van der Waals surface area contributed by atoms with Gasteiger partial charge in [0, 0.05) is 11.8 Å². The Labute approximate surface area is 113 Å². The molecule has 0 saturated carbocycles. The van der Waals surface area contributed by atoms with Gasteiger partial charge in [-0.25, -0.2) is 8.42 Å². The van der Waals surface area contributed by atoms with Crippen LogP contribution in [0.15, 0.2) is 30.3 Å². The summed E-state index contributed by atoms with van der Waals surface area (Å²) in [6.45, 7) is 0. The van der Waals surface area contributed by atoms with Crippen LogP contribution in [0.4, 0.5) is 0 Å². The zero-order valence-electron chi connectivity index (χ0n) is 10.6. The predicted molar refractivity (Wildman–Crippen MR) is 72.3 cm³/mol. The lowest BCUT2D eigenvalue weighted by molar-refractivity contribution is -0.119. The molecule has 0 aliphatic carbocycles. The number of sulfone groups is 1. The summed E-state index contributed by atoms with van der Waals surface area (Å²) in [6.07, 6.45) is 1.60. The van der Waals surface area contributed by atoms with Crippen LogP contribution in [0.3, 0.4) is 0 Å². The molecule has 0 aromatic heterocycles. The Hall–Kier alpha value is -1.36. The molecule has 2 saturated heterocycles. The number of rotatable bonds is 1. The lowest BCUT2D eigenvalue weighted by atomic mass is 9.73. The molecule has 1 unspecified atom stereocenters. The molecule has 1 N–H and O–H groups in total. The van der Waals surface area contributed by atoms with Crippen LogP contribution in [0, 0.1) is 5.41 Å². The number of hydrogen-bond acceptors (Lipinski definition) is 3. The van der Waals surface area contributed by atoms with Crippen molar-refractivity contribution in [1.29, 1.82) is 0 Å². The first-order valence-electron chi connectivity index (χ1n) is 6.56. The van der Waals surface area contributed by atoms with E-state index in [1.807, 2.05) is 30.3 Å². The van der Waals surface area contributed by atoms with Crippen LogP contribution in [0.25, 0.3) is 0 Å². The Balaban J connectivity index is 1.93. The summed E-state index contributed by atoms with van der Waals surface area (Å²) in [7, 11) is -2.91. The van der Waals surface area contributed by atoms with Crippen molar-refractivity contribution in [3.8, 4) is 0 Å². The third kappa shape index (κ3) is 2.27. The monoisotopic (exact) mass is 279 g/mol. The van der Waals surface area contributed by atoms with E-state index in [1.54, 1.807) is 0 Å². The highest BCUT2D eigenvalue weighted by atomic mass is 32.2. The Bertz CT molecular complexity index is 580. The average Bonchev–Trinajstić information content (AvgIpc) is 2.72. The van der Waals surface area contributed by atoms with Gasteiger partial charge >= 0.3 is 0 Å². The fourth-order valence-corrected chi connectivity index (χ4v) is 4.92. The van der Waals surface area contributed by atoms with E-state index < -0.39 is 9.84 Å². The van der Waals surface area contributed by atoms with Crippen LogP contribution < -0.4 is 5.32 Å². The summed E-state index contributed by atoms with van der Waals surface area (Å²) in [5.41, 5.74) is 0.858. The molecule has 0 bridgehead atoms. The molecule has 1 amide bonds. The molecule has 5 heteroatoms. The Kier molecular flexibility index (Phi) is 2.89. The van der Waals surface area contributed by atoms with Gasteiger partial charge in [0.1, 0.15) is 9.84 Å². The topological polar surface area (TPSA) is 63.2 Å². The van der Waals surface area contributed by atoms with Crippen molar-refractivity contribution in [3.05, 3.63) is 35.9 Å². The van der Waals surface area contributed by atoms with Gasteiger partial charge in [-0.1, -0.05) is 30.3 Å². The maximum atomic E-state index is 11.8. The molecular weight excluding hydrogens is 262 g/mol. The molecule has 2 heterocycles. The SMILES string of the molecule is O=C1CC2(CCS(=O)(=O)CC2)C(c2ccccc2)N1. The number of nitrogens with one attached hydrogen (secondary N) is 1. The van der Waals surface area contributed by atoms with Gasteiger partial charge < -0.3 is 5.32 Å². The van der Waals surface area contributed by atoms with Gasteiger partial charge in [0.05, 0.1) is 17.5 Å². The molecule has 4 nitrogen and oxygen atoms in total. The summed E-state index contributed by atoms with van der Waals surface area (Å²) < 4.78 is 23.2. The third-order valence-corrected chi connectivity index (χ3v) is 6.04. The summed E-state index contributed by atoms with van der Waals surface area (Å²) in [4.78, 5) is 11.8. The highest BCUT2D eigenvalue weighted by Crippen LogP contribution is 2.49. The summed E-state index contributed by atoms with van der Waals surface area (Å²) >= 11 is 0. The van der Waals surface area contributed by atoms with E-state index in [4.69, 9.17) is 0 Å². The second-order valence-corrected chi connectivity index (χ2v) is 7.91. The number of carbonyl (C=O) groups is 1. The molecule has 1 aromatic carbocycles. The molecule has 2 fully saturated rings. The summed E-state index contributed by atoms with van der Waals surface area (Å²) in [5.74, 6) is 0.435. The molecule has 3 rings (SSSR count). The van der Waals surface area contributed by atoms with Crippen molar-refractivity contribution in [2.75, 3.05) is 11.5 Å². The predicted octanol–water partition coefficient (Wildman–Crippen LogP) is 1.44. The van der Waals surface area contributed by atoms with Crippen LogP contribution in [0.5, 0.6) is 0 Å². The van der Waals surface area contributed by atoms with Gasteiger partial charge in [0.25, 0.3) is 0 Å². The molecule has 102 valence electrons. The second kappa shape index (κ2) is 4.34. The smallest absolute Gasteiger partial charge is 0.221 e. The number of benzene rings is 1. The lowest BCUT2D eigenvalue weighted by Gasteiger charge is -2.37. The first-order valence-corrected chi connectivity index (χ1v) is 8.38. The standard InChI is InChI=1S/C14H17NO3S/c16-12-10-14(6-8-19(17,18)9-7-14)13(15-12)11-4-2-1-3-5-11/h1-5,13H,6-10H2,(H,15,16). The fraction of sp³-hybridized carbons (Fsp3) is 0.500. The molecule has 1 atom stereocenters. The molecule has 1 spiro atoms. The lowest BCUT2D eigenvalue weighted by Crippen LogP contribution is -2.37. The van der Waals surface area contributed by atoms with E-state index in [0.29, 0.717) is 19.3 Å². The highest BCUT2D eigenvalue weighted by molar-refractivity contribution is 7.91. The average molecular weight is 279 g/mol. The van der Waals surface area contributed by atoms with E-state index in [9.17, 15) is 13.2 Å². The van der Waals surface area contributed by atoms with E-state index in [0.717, 1.165) is 5.56 Å². The van der Waals surface area contributed by atoms with Crippen LogP contribution in [0.1, 0.15) is 30.9 Å². The summed E-state index contributed by atoms with van der Waals surface area (Å²) in [5, 5.41) is 3.02. The molecule has 0 radical (unpaired) electrons. The highest BCUT2D eigenvalue weighted by Gasteiger charge is 2.50. The zero-order valence-corrected chi connectivity index (χ0v) is 11.4. The largest absolute Gasteiger partial charge is 0.349 e. The van der Waals surface area contributed by atoms with Crippen molar-refractivity contribution < 1.29 is 13.2 Å². The maximum absolute atomic E-state index is 11.8. The quantitative estimate of drug-likeness (QED) is 0.846. The fourth-order valence-electron chi connectivity index (χ4n) is 3.28. The van der Waals surface area contributed by atoms with Gasteiger partial charge in [-0.3, -0.25) is 4.79 Å². The van der Waals surface area contributed by atoms with E-state index in [1.165, 1.54) is 0 Å². The van der Waals surface area contributed by atoms with Gasteiger partial charge in [-0.15, -0.1) is 0 Å². The van der Waals surface area contributed by atoms with E-state index >= 15 is 0 Å². The van der Waals surface area contributed by atoms with Crippen molar-refractivity contribution in [2.45, 2.75) is 25.3 Å². The van der Waals surface area contributed by atoms with Crippen molar-refractivity contribution in [3.63, 3.8) is 0 Å². The molecule has 2 aliphatic heterocycles. The van der Waals surface area contributed by atoms with Crippen LogP contribution in [-0.4, -0.2) is 25.8 Å². The van der Waals surface area contributed by atoms with E-state index in [2.05, 4.69) is 5.32 Å². The van der Waals surface area contributed by atoms with Crippen LogP contribution in [-0.2, 0) is 14.6 Å². The number of hydrogen-bond donors (Lipinski definition) is 1. The van der Waals surface area contributed by atoms with Crippen LogP contribution >= 0.6 is 0 Å². The normalized spacial score (nSPS) is 28.2. The van der Waals surface area contributed by atoms with Gasteiger partial charge in [-0.05, 0) is 18.4 Å². The number of carbonyl (C=O) groups excluding carboxylic acids is 1. The molecule has 19 heavy (non-hydrogen) atoms. The first-order chi connectivity index (χ1) is 9.01. The van der Waals surface area contributed by atoms with Crippen molar-refractivity contribution in [1.82, 2.24) is 5.32 Å². The number of amides is 1. The zero-order chi connectivity index (χ0) is 13.5. The Morgan fingerprint density at radius 1 is 1.11 bits per heavy atom. The van der Waals surface area contributed by atoms with Gasteiger partial charge in [0.2, 0.25) is 5.91 Å². The minimum Gasteiger partial charge on any atom is -0.349 e. The first kappa shape index (κ1) is 12.7. The Morgan fingerprint density at radius 3 is 2.37 bits per heavy atom. The molecular formula is C14H17NO3S. The summed E-state index contributed by atoms with van der Waals surface area (Å²) in [6, 6.07) is 9.80. The van der Waals surface area contributed by atoms with Crippen LogP contribution in [0.2, 0.25) is 0 Å². The van der Waals surface area contributed by atoms with E-state index in [-0.39, 0.29) is 28.9 Å². The third-order valence-electron chi connectivity index (χ3n) is 4.39. The van der Waals surface area contributed by atoms with Crippen molar-refractivity contribution in [2.24, 2.45) is 5.41 Å². The Morgan fingerprint density at radius 2 is 1.74 bits per heavy atom. The minimum atomic E-state index is -2.91. The van der Waals surface area contributed by atoms with Gasteiger partial charge in [-0.2, -0.15) is 0 Å². The minimum absolute atomic E-state index is 0.0353. The molecule has 2 aliphatic rings. The maximum Gasteiger partial charge on any atom is 0.221 e. The van der Waals surface area contributed by atoms with Gasteiger partial charge in [0.15, 0.2) is 0 Å². The second-order valence-electron chi connectivity index (χ2n) is 5.60. The van der Waals surface area contributed by atoms with Crippen molar-refractivity contribution >= 4 is 15.7 Å². The molecule has 1 aromatic rings.